The maximum Gasteiger partial charge on any atom is 0.273 e. The zero-order valence-corrected chi connectivity index (χ0v) is 21.0. The lowest BCUT2D eigenvalue weighted by atomic mass is 9.63. The first-order chi connectivity index (χ1) is 17.3. The van der Waals surface area contributed by atoms with Crippen molar-refractivity contribution in [2.24, 2.45) is 35.5 Å². The van der Waals surface area contributed by atoms with Gasteiger partial charge < -0.3 is 0 Å². The highest BCUT2D eigenvalue weighted by Gasteiger charge is 2.68. The van der Waals surface area contributed by atoms with Gasteiger partial charge in [-0.1, -0.05) is 72.6 Å². The molecule has 1 aliphatic heterocycles. The van der Waals surface area contributed by atoms with Crippen molar-refractivity contribution in [2.45, 2.75) is 25.8 Å². The molecule has 2 saturated carbocycles. The molecule has 0 unspecified atom stereocenters. The molecule has 1 saturated heterocycles. The summed E-state index contributed by atoms with van der Waals surface area (Å²) in [6.07, 6.45) is 5.40. The smallest absolute Gasteiger partial charge is 0.273 e. The van der Waals surface area contributed by atoms with E-state index in [0.717, 1.165) is 16.4 Å². The predicted molar refractivity (Wildman–Crippen MR) is 134 cm³/mol. The Balaban J connectivity index is 1.44. The summed E-state index contributed by atoms with van der Waals surface area (Å²) in [5.74, 6) is -1.94. The first-order valence-corrected chi connectivity index (χ1v) is 13.0. The summed E-state index contributed by atoms with van der Waals surface area (Å²) < 4.78 is 0. The largest absolute Gasteiger partial charge is 0.292 e. The van der Waals surface area contributed by atoms with Gasteiger partial charge in [-0.15, -0.1) is 0 Å². The molecule has 2 bridgehead atoms. The quantitative estimate of drug-likeness (QED) is 0.301. The summed E-state index contributed by atoms with van der Waals surface area (Å²) in [5, 5.41) is 2.50. The number of hydrogen-bond acceptors (Lipinski definition) is 4. The van der Waals surface area contributed by atoms with Gasteiger partial charge in [-0.25, -0.2) is 5.01 Å². The third kappa shape index (κ3) is 3.38. The van der Waals surface area contributed by atoms with E-state index in [4.69, 9.17) is 23.2 Å². The number of ketones is 1. The van der Waals surface area contributed by atoms with Crippen LogP contribution in [0.25, 0.3) is 0 Å². The summed E-state index contributed by atoms with van der Waals surface area (Å²) in [5.41, 5.74) is 0.541. The second-order valence-electron chi connectivity index (χ2n) is 10.1. The minimum Gasteiger partial charge on any atom is -0.292 e. The molecule has 1 heterocycles. The zero-order chi connectivity index (χ0) is 25.3. The SMILES string of the molecule is CC[C@H](C(=O)c1ccccc1)N(C(=O)c1ccc(Cl)c(Cl)c1)N1C(=O)[C@@H]2[C@H]3C=C[C@@H]([C@@H]4C[C@@H]34)[C@H]2C1=O. The molecule has 3 amide bonds. The number of halogens is 2. The molecule has 0 aromatic heterocycles. The number of nitrogens with zero attached hydrogens (tertiary/aromatic N) is 2. The number of carbonyl (C=O) groups is 4. The molecule has 7 rings (SSSR count). The number of hydrogen-bond donors (Lipinski definition) is 0. The van der Waals surface area contributed by atoms with Gasteiger partial charge in [0.2, 0.25) is 0 Å². The highest BCUT2D eigenvalue weighted by Crippen LogP contribution is 2.65. The molecular formula is C28H24Cl2N2O4. The molecule has 4 aliphatic carbocycles. The molecule has 8 heteroatoms. The van der Waals surface area contributed by atoms with Gasteiger partial charge in [0.15, 0.2) is 5.78 Å². The Kier molecular flexibility index (Phi) is 5.58. The van der Waals surface area contributed by atoms with Crippen LogP contribution in [0.5, 0.6) is 0 Å². The lowest BCUT2D eigenvalue weighted by Crippen LogP contribution is -2.57. The molecule has 0 radical (unpaired) electrons. The molecule has 6 nitrogen and oxygen atoms in total. The van der Waals surface area contributed by atoms with Crippen LogP contribution in [0.4, 0.5) is 0 Å². The number of Topliss-reactive ketones (excluding diaryl/α,β-unsaturated/α-hetero) is 1. The van der Waals surface area contributed by atoms with Gasteiger partial charge in [0.25, 0.3) is 17.7 Å². The van der Waals surface area contributed by atoms with E-state index in [0.29, 0.717) is 17.4 Å². The Labute approximate surface area is 218 Å². The molecule has 184 valence electrons. The lowest BCUT2D eigenvalue weighted by Gasteiger charge is -2.37. The van der Waals surface area contributed by atoms with Gasteiger partial charge in [-0.05, 0) is 54.7 Å². The van der Waals surface area contributed by atoms with E-state index >= 15 is 0 Å². The first-order valence-electron chi connectivity index (χ1n) is 12.3. The van der Waals surface area contributed by atoms with Gasteiger partial charge in [-0.3, -0.25) is 19.2 Å². The van der Waals surface area contributed by atoms with Crippen LogP contribution in [-0.2, 0) is 9.59 Å². The molecule has 36 heavy (non-hydrogen) atoms. The molecular weight excluding hydrogens is 499 g/mol. The van der Waals surface area contributed by atoms with Crippen molar-refractivity contribution in [3.05, 3.63) is 81.9 Å². The first kappa shape index (κ1) is 23.4. The van der Waals surface area contributed by atoms with Crippen molar-refractivity contribution < 1.29 is 19.2 Å². The number of allylic oxidation sites excluding steroid dienone is 2. The lowest BCUT2D eigenvalue weighted by molar-refractivity contribution is -0.157. The van der Waals surface area contributed by atoms with Crippen LogP contribution in [0.1, 0.15) is 40.5 Å². The molecule has 0 spiro atoms. The molecule has 5 aliphatic rings. The van der Waals surface area contributed by atoms with Gasteiger partial charge in [0, 0.05) is 11.1 Å². The molecule has 7 atom stereocenters. The summed E-state index contributed by atoms with van der Waals surface area (Å²) in [4.78, 5) is 55.4. The standard InChI is InChI=1S/C28H24Cl2N2O4/c1-2-22(25(33)14-6-4-3-5-7-14)31(26(34)15-8-11-20(29)21(30)12-15)32-27(35)23-16-9-10-17(19-13-18(16)19)24(23)28(32)36/h3-12,16-19,22-24H,2,13H2,1H3/t16-,17-,18-,19-,22+,23+,24+/m0/s1. The van der Waals surface area contributed by atoms with Crippen LogP contribution in [0.3, 0.4) is 0 Å². The third-order valence-electron chi connectivity index (χ3n) is 8.27. The number of rotatable bonds is 6. The third-order valence-corrected chi connectivity index (χ3v) is 9.01. The van der Waals surface area contributed by atoms with Gasteiger partial charge in [0.05, 0.1) is 21.9 Å². The van der Waals surface area contributed by atoms with Crippen LogP contribution in [-0.4, -0.2) is 39.6 Å². The molecule has 2 aromatic rings. The van der Waals surface area contributed by atoms with E-state index in [9.17, 15) is 19.2 Å². The second kappa shape index (κ2) is 8.56. The highest BCUT2D eigenvalue weighted by atomic mass is 35.5. The van der Waals surface area contributed by atoms with Gasteiger partial charge in [-0.2, -0.15) is 5.01 Å². The normalized spacial score (nSPS) is 30.1. The maximum atomic E-state index is 14.0. The average molecular weight is 523 g/mol. The van der Waals surface area contributed by atoms with Crippen molar-refractivity contribution in [1.29, 1.82) is 0 Å². The van der Waals surface area contributed by atoms with Crippen LogP contribution in [0, 0.1) is 35.5 Å². The fraction of sp³-hybridized carbons (Fsp3) is 0.357. The summed E-state index contributed by atoms with van der Waals surface area (Å²) in [6.45, 7) is 1.76. The van der Waals surface area contributed by atoms with Crippen molar-refractivity contribution in [2.75, 3.05) is 0 Å². The minimum absolute atomic E-state index is 0.00159. The fourth-order valence-corrected chi connectivity index (χ4v) is 6.85. The van der Waals surface area contributed by atoms with Gasteiger partial charge >= 0.3 is 0 Å². The Hall–Kier alpha value is -2.96. The Morgan fingerprint density at radius 1 is 0.917 bits per heavy atom. The zero-order valence-electron chi connectivity index (χ0n) is 19.5. The van der Waals surface area contributed by atoms with E-state index in [1.165, 1.54) is 18.2 Å². The second-order valence-corrected chi connectivity index (χ2v) is 10.9. The molecule has 0 N–H and O–H groups in total. The number of hydrazine groups is 1. The van der Waals surface area contributed by atoms with Crippen LogP contribution in [0.15, 0.2) is 60.7 Å². The van der Waals surface area contributed by atoms with Crippen molar-refractivity contribution in [1.82, 2.24) is 10.0 Å². The Morgan fingerprint density at radius 2 is 1.53 bits per heavy atom. The number of carbonyl (C=O) groups excluding carboxylic acids is 4. The summed E-state index contributed by atoms with van der Waals surface area (Å²) >= 11 is 12.3. The topological polar surface area (TPSA) is 74.8 Å². The van der Waals surface area contributed by atoms with Crippen LogP contribution in [0.2, 0.25) is 10.0 Å². The monoisotopic (exact) mass is 522 g/mol. The van der Waals surface area contributed by atoms with Crippen molar-refractivity contribution in [3.8, 4) is 0 Å². The van der Waals surface area contributed by atoms with E-state index < -0.39 is 35.6 Å². The molecule has 3 fully saturated rings. The number of benzene rings is 2. The summed E-state index contributed by atoms with van der Waals surface area (Å²) in [7, 11) is 0. The van der Waals surface area contributed by atoms with Gasteiger partial charge in [0.1, 0.15) is 6.04 Å². The Morgan fingerprint density at radius 3 is 2.08 bits per heavy atom. The van der Waals surface area contributed by atoms with E-state index in [1.807, 2.05) is 0 Å². The van der Waals surface area contributed by atoms with Crippen molar-refractivity contribution in [3.63, 3.8) is 0 Å². The predicted octanol–water partition coefficient (Wildman–Crippen LogP) is 5.07. The Bertz CT molecular complexity index is 1290. The van der Waals surface area contributed by atoms with E-state index in [1.54, 1.807) is 37.3 Å². The van der Waals surface area contributed by atoms with Crippen LogP contribution < -0.4 is 0 Å². The molecule has 2 aromatic carbocycles. The van der Waals surface area contributed by atoms with Crippen LogP contribution >= 0.6 is 23.2 Å². The fourth-order valence-electron chi connectivity index (χ4n) is 6.55. The summed E-state index contributed by atoms with van der Waals surface area (Å²) in [6, 6.07) is 11.9. The highest BCUT2D eigenvalue weighted by molar-refractivity contribution is 6.42. The van der Waals surface area contributed by atoms with E-state index in [2.05, 4.69) is 12.2 Å². The minimum atomic E-state index is -1.05. The number of imide groups is 1. The average Bonchev–Trinajstić information content (AvgIpc) is 3.68. The van der Waals surface area contributed by atoms with Crippen molar-refractivity contribution >= 4 is 46.7 Å². The van der Waals surface area contributed by atoms with E-state index in [-0.39, 0.29) is 39.6 Å². The maximum absolute atomic E-state index is 14.0. The number of amides is 3.